The van der Waals surface area contributed by atoms with Crippen LogP contribution < -0.4 is 0 Å². The number of carbonyl (C=O) groups is 2. The van der Waals surface area contributed by atoms with E-state index in [1.54, 1.807) is 35.6 Å². The molecule has 0 unspecified atom stereocenters. The van der Waals surface area contributed by atoms with Crippen LogP contribution in [-0.4, -0.2) is 47.8 Å². The fraction of sp³-hybridized carbons (Fsp3) is 0.333. The Kier molecular flexibility index (Phi) is 5.53. The van der Waals surface area contributed by atoms with Crippen molar-refractivity contribution in [3.63, 3.8) is 0 Å². The Labute approximate surface area is 150 Å². The van der Waals surface area contributed by atoms with Crippen LogP contribution in [0.2, 0.25) is 5.02 Å². The number of benzene rings is 1. The normalized spacial score (nSPS) is 15.2. The van der Waals surface area contributed by atoms with Gasteiger partial charge in [-0.2, -0.15) is 0 Å². The van der Waals surface area contributed by atoms with Gasteiger partial charge in [0.05, 0.1) is 6.42 Å². The number of carbonyl (C=O) groups excluding carboxylic acids is 2. The minimum Gasteiger partial charge on any atom is -0.341 e. The van der Waals surface area contributed by atoms with E-state index in [0.29, 0.717) is 43.2 Å². The van der Waals surface area contributed by atoms with E-state index in [1.165, 1.54) is 0 Å². The third kappa shape index (κ3) is 4.16. The lowest BCUT2D eigenvalue weighted by Crippen LogP contribution is -2.37. The molecule has 2 aromatic rings. The Balaban J connectivity index is 1.60. The molecule has 3 rings (SSSR count). The molecule has 0 N–H and O–H groups in total. The summed E-state index contributed by atoms with van der Waals surface area (Å²) in [7, 11) is 0. The number of halogens is 1. The quantitative estimate of drug-likeness (QED) is 0.840. The Morgan fingerprint density at radius 1 is 1.04 bits per heavy atom. The van der Waals surface area contributed by atoms with Crippen molar-refractivity contribution in [3.05, 3.63) is 57.2 Å². The summed E-state index contributed by atoms with van der Waals surface area (Å²) in [6, 6.07) is 10.9. The molecular weight excluding hydrogens is 344 g/mol. The molecule has 0 radical (unpaired) electrons. The smallest absolute Gasteiger partial charge is 0.253 e. The van der Waals surface area contributed by atoms with E-state index in [-0.39, 0.29) is 11.8 Å². The van der Waals surface area contributed by atoms with Crippen LogP contribution >= 0.6 is 22.9 Å². The molecule has 4 nitrogen and oxygen atoms in total. The summed E-state index contributed by atoms with van der Waals surface area (Å²) in [5.74, 6) is 0.111. The van der Waals surface area contributed by atoms with Gasteiger partial charge in [-0.05, 0) is 36.1 Å². The summed E-state index contributed by atoms with van der Waals surface area (Å²) in [4.78, 5) is 29.8. The van der Waals surface area contributed by atoms with Gasteiger partial charge in [0.15, 0.2) is 0 Å². The number of thiophene rings is 1. The molecule has 1 aliphatic rings. The van der Waals surface area contributed by atoms with Crippen molar-refractivity contribution < 1.29 is 9.59 Å². The number of hydrogen-bond acceptors (Lipinski definition) is 3. The molecule has 126 valence electrons. The number of hydrogen-bond donors (Lipinski definition) is 0. The maximum absolute atomic E-state index is 12.6. The van der Waals surface area contributed by atoms with Crippen LogP contribution in [0, 0.1) is 0 Å². The van der Waals surface area contributed by atoms with Gasteiger partial charge in [0.1, 0.15) is 0 Å². The average Bonchev–Trinajstić information content (AvgIpc) is 2.95. The summed E-state index contributed by atoms with van der Waals surface area (Å²) in [5.41, 5.74) is 0.598. The molecule has 0 spiro atoms. The molecule has 0 aliphatic carbocycles. The van der Waals surface area contributed by atoms with E-state index in [0.717, 1.165) is 11.3 Å². The number of amides is 2. The number of nitrogens with zero attached hydrogens (tertiary/aromatic N) is 2. The Bertz CT molecular complexity index is 718. The second-order valence-corrected chi connectivity index (χ2v) is 7.26. The van der Waals surface area contributed by atoms with Crippen LogP contribution in [-0.2, 0) is 11.2 Å². The van der Waals surface area contributed by atoms with Gasteiger partial charge in [0.25, 0.3) is 5.91 Å². The molecular formula is C18H19ClN2O2S. The third-order valence-electron chi connectivity index (χ3n) is 4.11. The zero-order valence-corrected chi connectivity index (χ0v) is 14.9. The van der Waals surface area contributed by atoms with E-state index in [1.807, 2.05) is 27.3 Å². The Hall–Kier alpha value is -1.85. The maximum atomic E-state index is 12.6. The molecule has 1 aromatic carbocycles. The number of rotatable bonds is 3. The molecule has 24 heavy (non-hydrogen) atoms. The molecule has 1 aromatic heterocycles. The van der Waals surface area contributed by atoms with Crippen molar-refractivity contribution in [2.24, 2.45) is 0 Å². The molecule has 1 aliphatic heterocycles. The highest BCUT2D eigenvalue weighted by atomic mass is 35.5. The van der Waals surface area contributed by atoms with Gasteiger partial charge in [-0.25, -0.2) is 0 Å². The molecule has 6 heteroatoms. The second kappa shape index (κ2) is 7.81. The van der Waals surface area contributed by atoms with Crippen LogP contribution in [0.1, 0.15) is 21.7 Å². The first-order valence-corrected chi connectivity index (χ1v) is 9.24. The van der Waals surface area contributed by atoms with Crippen LogP contribution in [0.25, 0.3) is 0 Å². The highest BCUT2D eigenvalue weighted by molar-refractivity contribution is 7.10. The van der Waals surface area contributed by atoms with Gasteiger partial charge in [0.2, 0.25) is 5.91 Å². The van der Waals surface area contributed by atoms with E-state index < -0.39 is 0 Å². The highest BCUT2D eigenvalue weighted by Gasteiger charge is 2.23. The van der Waals surface area contributed by atoms with E-state index in [9.17, 15) is 9.59 Å². The average molecular weight is 363 g/mol. The van der Waals surface area contributed by atoms with Crippen LogP contribution in [0.5, 0.6) is 0 Å². The van der Waals surface area contributed by atoms with Crippen molar-refractivity contribution in [2.75, 3.05) is 26.2 Å². The summed E-state index contributed by atoms with van der Waals surface area (Å²) in [5, 5.41) is 2.54. The molecule has 2 amide bonds. The Morgan fingerprint density at radius 2 is 1.83 bits per heavy atom. The fourth-order valence-electron chi connectivity index (χ4n) is 2.85. The van der Waals surface area contributed by atoms with E-state index in [4.69, 9.17) is 11.6 Å². The van der Waals surface area contributed by atoms with Gasteiger partial charge in [-0.1, -0.05) is 23.7 Å². The van der Waals surface area contributed by atoms with E-state index in [2.05, 4.69) is 0 Å². The topological polar surface area (TPSA) is 40.6 Å². The molecule has 1 saturated heterocycles. The van der Waals surface area contributed by atoms with Gasteiger partial charge >= 0.3 is 0 Å². The zero-order valence-electron chi connectivity index (χ0n) is 13.3. The molecule has 0 atom stereocenters. The maximum Gasteiger partial charge on any atom is 0.253 e. The summed E-state index contributed by atoms with van der Waals surface area (Å²) < 4.78 is 0. The minimum atomic E-state index is -0.0231. The minimum absolute atomic E-state index is 0.0231. The fourth-order valence-corrected chi connectivity index (χ4v) is 3.73. The van der Waals surface area contributed by atoms with Gasteiger partial charge < -0.3 is 9.80 Å². The Morgan fingerprint density at radius 3 is 2.58 bits per heavy atom. The lowest BCUT2D eigenvalue weighted by molar-refractivity contribution is -0.130. The first-order valence-electron chi connectivity index (χ1n) is 7.98. The van der Waals surface area contributed by atoms with Crippen LogP contribution in [0.3, 0.4) is 0 Å². The van der Waals surface area contributed by atoms with Gasteiger partial charge in [-0.15, -0.1) is 11.3 Å². The molecule has 0 saturated carbocycles. The zero-order chi connectivity index (χ0) is 16.9. The summed E-state index contributed by atoms with van der Waals surface area (Å²) in [6.07, 6.45) is 1.24. The summed E-state index contributed by atoms with van der Waals surface area (Å²) in [6.45, 7) is 2.50. The van der Waals surface area contributed by atoms with E-state index >= 15 is 0 Å². The monoisotopic (exact) mass is 362 g/mol. The van der Waals surface area contributed by atoms with Crippen molar-refractivity contribution in [1.82, 2.24) is 9.80 Å². The third-order valence-corrected chi connectivity index (χ3v) is 5.22. The van der Waals surface area contributed by atoms with Crippen molar-refractivity contribution >= 4 is 34.8 Å². The predicted molar refractivity (Wildman–Crippen MR) is 96.6 cm³/mol. The molecule has 1 fully saturated rings. The van der Waals surface area contributed by atoms with Crippen LogP contribution in [0.15, 0.2) is 41.8 Å². The van der Waals surface area contributed by atoms with Crippen molar-refractivity contribution in [1.29, 1.82) is 0 Å². The lowest BCUT2D eigenvalue weighted by Gasteiger charge is -2.22. The first kappa shape index (κ1) is 17.0. The van der Waals surface area contributed by atoms with Crippen molar-refractivity contribution in [3.8, 4) is 0 Å². The lowest BCUT2D eigenvalue weighted by atomic mass is 10.2. The van der Waals surface area contributed by atoms with Gasteiger partial charge in [-0.3, -0.25) is 9.59 Å². The predicted octanol–water partition coefficient (Wildman–Crippen LogP) is 3.32. The molecule has 0 bridgehead atoms. The van der Waals surface area contributed by atoms with Crippen LogP contribution in [0.4, 0.5) is 0 Å². The molecule has 2 heterocycles. The van der Waals surface area contributed by atoms with Crippen molar-refractivity contribution in [2.45, 2.75) is 12.8 Å². The SMILES string of the molecule is O=C(Cc1cccs1)N1CCCN(C(=O)c2cccc(Cl)c2)CC1. The first-order chi connectivity index (χ1) is 11.6. The van der Waals surface area contributed by atoms with Gasteiger partial charge in [0, 0.05) is 41.6 Å². The summed E-state index contributed by atoms with van der Waals surface area (Å²) >= 11 is 7.57. The highest BCUT2D eigenvalue weighted by Crippen LogP contribution is 2.15. The second-order valence-electron chi connectivity index (χ2n) is 5.79. The standard InChI is InChI=1S/C18H19ClN2O2S/c19-15-5-1-4-14(12-15)18(23)21-8-3-7-20(9-10-21)17(22)13-16-6-2-11-24-16/h1-2,4-6,11-12H,3,7-10,13H2. The largest absolute Gasteiger partial charge is 0.341 e.